The van der Waals surface area contributed by atoms with Gasteiger partial charge in [-0.05, 0) is 49.7 Å². The maximum Gasteiger partial charge on any atom is 0.255 e. The molecule has 4 aromatic rings. The number of amides is 1. The van der Waals surface area contributed by atoms with Crippen LogP contribution in [0.1, 0.15) is 43.2 Å². The van der Waals surface area contributed by atoms with Crippen LogP contribution in [0, 0.1) is 13.8 Å². The molecule has 1 N–H and O–H groups in total. The van der Waals surface area contributed by atoms with E-state index in [1.807, 2.05) is 54.9 Å². The van der Waals surface area contributed by atoms with Gasteiger partial charge in [0.1, 0.15) is 0 Å². The minimum Gasteiger partial charge on any atom is -0.321 e. The average molecular weight is 409 g/mol. The van der Waals surface area contributed by atoms with Crippen molar-refractivity contribution in [2.45, 2.75) is 20.4 Å². The number of rotatable bonds is 6. The lowest BCUT2D eigenvalue weighted by Gasteiger charge is -2.11. The van der Waals surface area contributed by atoms with E-state index < -0.39 is 0 Å². The fourth-order valence-corrected chi connectivity index (χ4v) is 3.50. The Morgan fingerprint density at radius 3 is 2.19 bits per heavy atom. The van der Waals surface area contributed by atoms with Crippen LogP contribution in [-0.4, -0.2) is 21.5 Å². The number of nitrogens with zero attached hydrogens (tertiary/aromatic N) is 2. The van der Waals surface area contributed by atoms with Gasteiger partial charge in [-0.1, -0.05) is 54.6 Å². The number of ketones is 1. The molecule has 0 saturated heterocycles. The minimum atomic E-state index is -0.258. The molecule has 0 aliphatic heterocycles. The highest BCUT2D eigenvalue weighted by Crippen LogP contribution is 2.20. The van der Waals surface area contributed by atoms with E-state index in [0.717, 1.165) is 17.0 Å². The van der Waals surface area contributed by atoms with E-state index in [9.17, 15) is 9.59 Å². The van der Waals surface area contributed by atoms with Crippen LogP contribution in [0.4, 0.5) is 5.69 Å². The molecule has 1 amide bonds. The van der Waals surface area contributed by atoms with Gasteiger partial charge in [0.05, 0.1) is 17.9 Å². The van der Waals surface area contributed by atoms with E-state index in [1.54, 1.807) is 48.5 Å². The Bertz CT molecular complexity index is 1230. The SMILES string of the molecule is Cc1cc(C)n(Cc2ccc(C(=O)Nc3ccccc3C(=O)c3ccccc3)cc2)n1. The summed E-state index contributed by atoms with van der Waals surface area (Å²) in [6.07, 6.45) is 0. The average Bonchev–Trinajstić information content (AvgIpc) is 3.11. The first-order valence-electron chi connectivity index (χ1n) is 10.1. The zero-order valence-corrected chi connectivity index (χ0v) is 17.5. The van der Waals surface area contributed by atoms with Crippen LogP contribution in [0.5, 0.6) is 0 Å². The second-order valence-electron chi connectivity index (χ2n) is 7.48. The number of aryl methyl sites for hydroxylation is 2. The molecular weight excluding hydrogens is 386 g/mol. The van der Waals surface area contributed by atoms with E-state index in [1.165, 1.54) is 0 Å². The number of nitrogens with one attached hydrogen (secondary N) is 1. The van der Waals surface area contributed by atoms with Crippen molar-refractivity contribution in [1.29, 1.82) is 0 Å². The van der Waals surface area contributed by atoms with E-state index >= 15 is 0 Å². The summed E-state index contributed by atoms with van der Waals surface area (Å²) in [6, 6.07) is 25.6. The highest BCUT2D eigenvalue weighted by Gasteiger charge is 2.15. The molecule has 0 radical (unpaired) electrons. The van der Waals surface area contributed by atoms with Gasteiger partial charge in [-0.25, -0.2) is 0 Å². The number of carbonyl (C=O) groups excluding carboxylic acids is 2. The predicted octanol–water partition coefficient (Wildman–Crippen LogP) is 5.03. The molecule has 0 atom stereocenters. The van der Waals surface area contributed by atoms with Gasteiger partial charge in [-0.3, -0.25) is 14.3 Å². The summed E-state index contributed by atoms with van der Waals surface area (Å²) in [4.78, 5) is 25.7. The smallest absolute Gasteiger partial charge is 0.255 e. The highest BCUT2D eigenvalue weighted by molar-refractivity contribution is 6.15. The molecule has 0 fully saturated rings. The second-order valence-corrected chi connectivity index (χ2v) is 7.48. The molecule has 0 unspecified atom stereocenters. The molecule has 31 heavy (non-hydrogen) atoms. The molecular formula is C26H23N3O2. The van der Waals surface area contributed by atoms with Crippen LogP contribution in [0.15, 0.2) is 84.9 Å². The normalized spacial score (nSPS) is 10.6. The summed E-state index contributed by atoms with van der Waals surface area (Å²) in [5, 5.41) is 7.36. The first kappa shape index (κ1) is 20.3. The zero-order chi connectivity index (χ0) is 21.8. The number of anilines is 1. The van der Waals surface area contributed by atoms with Crippen LogP contribution < -0.4 is 5.32 Å². The first-order chi connectivity index (χ1) is 15.0. The van der Waals surface area contributed by atoms with Crippen molar-refractivity contribution < 1.29 is 9.59 Å². The third kappa shape index (κ3) is 4.61. The summed E-state index contributed by atoms with van der Waals surface area (Å²) in [5.41, 5.74) is 5.20. The largest absolute Gasteiger partial charge is 0.321 e. The van der Waals surface area contributed by atoms with E-state index in [-0.39, 0.29) is 11.7 Å². The van der Waals surface area contributed by atoms with Gasteiger partial charge in [0.2, 0.25) is 0 Å². The molecule has 1 heterocycles. The lowest BCUT2D eigenvalue weighted by molar-refractivity contribution is 0.102. The fourth-order valence-electron chi connectivity index (χ4n) is 3.50. The van der Waals surface area contributed by atoms with Gasteiger partial charge in [0.25, 0.3) is 5.91 Å². The monoisotopic (exact) mass is 409 g/mol. The number of hydrogen-bond acceptors (Lipinski definition) is 3. The predicted molar refractivity (Wildman–Crippen MR) is 122 cm³/mol. The Balaban J connectivity index is 1.50. The Labute approximate surface area is 181 Å². The van der Waals surface area contributed by atoms with Gasteiger partial charge < -0.3 is 5.32 Å². The molecule has 154 valence electrons. The van der Waals surface area contributed by atoms with Gasteiger partial charge >= 0.3 is 0 Å². The molecule has 0 spiro atoms. The summed E-state index contributed by atoms with van der Waals surface area (Å²) in [6.45, 7) is 4.64. The van der Waals surface area contributed by atoms with E-state index in [4.69, 9.17) is 0 Å². The minimum absolute atomic E-state index is 0.128. The molecule has 0 saturated carbocycles. The standard InChI is InChI=1S/C26H23N3O2/c1-18-16-19(2)29(28-18)17-20-12-14-22(15-13-20)26(31)27-24-11-7-6-10-23(24)25(30)21-8-4-3-5-9-21/h3-16H,17H2,1-2H3,(H,27,31). The van der Waals surface area contributed by atoms with Crippen molar-refractivity contribution in [3.05, 3.63) is 119 Å². The molecule has 0 aliphatic rings. The van der Waals surface area contributed by atoms with E-state index in [0.29, 0.717) is 28.9 Å². The Kier molecular flexibility index (Phi) is 5.76. The molecule has 5 heteroatoms. The molecule has 5 nitrogen and oxygen atoms in total. The van der Waals surface area contributed by atoms with Crippen LogP contribution in [-0.2, 0) is 6.54 Å². The molecule has 0 aliphatic carbocycles. The Morgan fingerprint density at radius 1 is 0.839 bits per heavy atom. The number of benzene rings is 3. The third-order valence-corrected chi connectivity index (χ3v) is 5.11. The molecule has 1 aromatic heterocycles. The quantitative estimate of drug-likeness (QED) is 0.454. The summed E-state index contributed by atoms with van der Waals surface area (Å²) < 4.78 is 1.94. The first-order valence-corrected chi connectivity index (χ1v) is 10.1. The van der Waals surface area contributed by atoms with Crippen LogP contribution in [0.2, 0.25) is 0 Å². The number of para-hydroxylation sites is 1. The van der Waals surface area contributed by atoms with E-state index in [2.05, 4.69) is 10.4 Å². The number of hydrogen-bond donors (Lipinski definition) is 1. The fraction of sp³-hybridized carbons (Fsp3) is 0.115. The van der Waals surface area contributed by atoms with Crippen molar-refractivity contribution in [2.75, 3.05) is 5.32 Å². The Morgan fingerprint density at radius 2 is 1.52 bits per heavy atom. The Hall–Kier alpha value is -3.99. The lowest BCUT2D eigenvalue weighted by Crippen LogP contribution is -2.15. The lowest BCUT2D eigenvalue weighted by atomic mass is 10.0. The van der Waals surface area contributed by atoms with Crippen LogP contribution in [0.25, 0.3) is 0 Å². The molecule has 0 bridgehead atoms. The third-order valence-electron chi connectivity index (χ3n) is 5.11. The summed E-state index contributed by atoms with van der Waals surface area (Å²) >= 11 is 0. The van der Waals surface area contributed by atoms with Crippen molar-refractivity contribution >= 4 is 17.4 Å². The van der Waals surface area contributed by atoms with Crippen molar-refractivity contribution in [3.8, 4) is 0 Å². The maximum absolute atomic E-state index is 12.9. The van der Waals surface area contributed by atoms with Gasteiger partial charge in [0, 0.05) is 22.4 Å². The van der Waals surface area contributed by atoms with Crippen molar-refractivity contribution in [2.24, 2.45) is 0 Å². The highest BCUT2D eigenvalue weighted by atomic mass is 16.1. The summed E-state index contributed by atoms with van der Waals surface area (Å²) in [5.74, 6) is -0.386. The molecule has 3 aromatic carbocycles. The van der Waals surface area contributed by atoms with Crippen LogP contribution >= 0.6 is 0 Å². The second kappa shape index (κ2) is 8.79. The van der Waals surface area contributed by atoms with Gasteiger partial charge in [-0.15, -0.1) is 0 Å². The number of carbonyl (C=O) groups is 2. The summed E-state index contributed by atoms with van der Waals surface area (Å²) in [7, 11) is 0. The zero-order valence-electron chi connectivity index (χ0n) is 17.5. The topological polar surface area (TPSA) is 64.0 Å². The molecule has 4 rings (SSSR count). The maximum atomic E-state index is 12.9. The van der Waals surface area contributed by atoms with Crippen molar-refractivity contribution in [1.82, 2.24) is 9.78 Å². The van der Waals surface area contributed by atoms with Gasteiger partial charge in [0.15, 0.2) is 5.78 Å². The van der Waals surface area contributed by atoms with Crippen LogP contribution in [0.3, 0.4) is 0 Å². The van der Waals surface area contributed by atoms with Gasteiger partial charge in [-0.2, -0.15) is 5.10 Å². The number of aromatic nitrogens is 2. The van der Waals surface area contributed by atoms with Crippen molar-refractivity contribution in [3.63, 3.8) is 0 Å².